The van der Waals surface area contributed by atoms with Gasteiger partial charge in [0, 0.05) is 38.3 Å². The van der Waals surface area contributed by atoms with Gasteiger partial charge in [-0.2, -0.15) is 0 Å². The number of rotatable bonds is 8. The maximum atomic E-state index is 14.0. The van der Waals surface area contributed by atoms with Gasteiger partial charge in [0.25, 0.3) is 0 Å². The van der Waals surface area contributed by atoms with E-state index in [4.69, 9.17) is 33.2 Å². The Balaban J connectivity index is 1.79. The van der Waals surface area contributed by atoms with Gasteiger partial charge in [-0.25, -0.2) is 0 Å². The third kappa shape index (κ3) is 8.22. The number of hydrogen-bond donors (Lipinski definition) is 4. The zero-order valence-electron chi connectivity index (χ0n) is 32.3. The molecule has 0 radical (unpaired) electrons. The van der Waals surface area contributed by atoms with E-state index in [0.29, 0.717) is 18.6 Å². The number of aliphatic hydroxyl groups excluding tert-OH is 3. The Morgan fingerprint density at radius 1 is 0.960 bits per heavy atom. The molecule has 50 heavy (non-hydrogen) atoms. The van der Waals surface area contributed by atoms with Gasteiger partial charge < -0.3 is 58.5 Å². The van der Waals surface area contributed by atoms with Crippen LogP contribution in [-0.4, -0.2) is 136 Å². The number of nitrogens with zero attached hydrogens (tertiary/aromatic N) is 1. The largest absolute Gasteiger partial charge is 0.489 e. The lowest BCUT2D eigenvalue weighted by Crippen LogP contribution is -2.58. The third-order valence-electron chi connectivity index (χ3n) is 12.0. The molecule has 4 heterocycles. The topological polar surface area (TPSA) is 166 Å². The van der Waals surface area contributed by atoms with Gasteiger partial charge in [-0.05, 0) is 80.5 Å². The molecule has 3 saturated heterocycles. The molecule has 3 fully saturated rings. The second-order valence-corrected chi connectivity index (χ2v) is 16.0. The number of aliphatic hydroxyl groups is 4. The maximum absolute atomic E-state index is 14.0. The van der Waals surface area contributed by atoms with Crippen molar-refractivity contribution in [2.75, 3.05) is 20.7 Å². The summed E-state index contributed by atoms with van der Waals surface area (Å²) in [7, 11) is 3.49. The number of carbonyl (C=O) groups excluding carboxylic acids is 1. The van der Waals surface area contributed by atoms with Crippen molar-refractivity contribution in [2.24, 2.45) is 11.8 Å². The van der Waals surface area contributed by atoms with Gasteiger partial charge in [0.2, 0.25) is 0 Å². The Hall–Kier alpha value is -1.39. The van der Waals surface area contributed by atoms with E-state index < -0.39 is 89.9 Å². The number of fused-ring (bicyclic) bond motifs is 2. The SMILES string of the molecule is CC[C@H]1OC(=O)[C@H](C)[C@@H](O[C@@H]2C[C@@](C)(OC)[C@@H](O)[C@H](C)O2)C[C@@H](O[C@H]2O[C@@H](C)C[C@H](N(C)CC)[C@@H]2O)[C@@]2(C)CC(C)=C(O2)[C@H](C)[C@@H](O)[C@]1(C)O. The summed E-state index contributed by atoms with van der Waals surface area (Å²) < 4.78 is 44.3. The van der Waals surface area contributed by atoms with E-state index in [-0.39, 0.29) is 31.4 Å². The van der Waals surface area contributed by atoms with Crippen LogP contribution < -0.4 is 0 Å². The number of ether oxygens (including phenoxy) is 7. The summed E-state index contributed by atoms with van der Waals surface area (Å²) in [6.07, 6.45) is -7.09. The molecule has 4 rings (SSSR count). The summed E-state index contributed by atoms with van der Waals surface area (Å²) in [4.78, 5) is 16.1. The Kier molecular flexibility index (Phi) is 13.2. The minimum Gasteiger partial charge on any atom is -0.489 e. The Labute approximate surface area is 298 Å². The van der Waals surface area contributed by atoms with Gasteiger partial charge in [-0.15, -0.1) is 0 Å². The van der Waals surface area contributed by atoms with Crippen LogP contribution in [0.25, 0.3) is 0 Å². The van der Waals surface area contributed by atoms with Crippen molar-refractivity contribution >= 4 is 5.97 Å². The molecule has 13 heteroatoms. The van der Waals surface area contributed by atoms with Crippen molar-refractivity contribution in [3.63, 3.8) is 0 Å². The number of esters is 1. The predicted octanol–water partition coefficient (Wildman–Crippen LogP) is 3.04. The normalized spacial score (nSPS) is 48.0. The molecule has 4 aliphatic rings. The van der Waals surface area contributed by atoms with Crippen molar-refractivity contribution in [1.29, 1.82) is 0 Å². The molecular weight excluding hydrogens is 650 g/mol. The lowest BCUT2D eigenvalue weighted by Gasteiger charge is -2.47. The first-order valence-electron chi connectivity index (χ1n) is 18.5. The summed E-state index contributed by atoms with van der Waals surface area (Å²) in [5.74, 6) is -1.66. The monoisotopic (exact) mass is 715 g/mol. The van der Waals surface area contributed by atoms with E-state index >= 15 is 0 Å². The molecule has 0 amide bonds. The maximum Gasteiger partial charge on any atom is 0.311 e. The van der Waals surface area contributed by atoms with Crippen LogP contribution in [0.4, 0.5) is 0 Å². The van der Waals surface area contributed by atoms with Crippen LogP contribution in [0.1, 0.15) is 101 Å². The molecule has 0 aliphatic carbocycles. The molecule has 4 aliphatic heterocycles. The predicted molar refractivity (Wildman–Crippen MR) is 184 cm³/mol. The summed E-state index contributed by atoms with van der Waals surface area (Å²) in [6, 6.07) is -0.212. The summed E-state index contributed by atoms with van der Waals surface area (Å²) in [5.41, 5.74) is -2.95. The fourth-order valence-corrected chi connectivity index (χ4v) is 8.31. The number of cyclic esters (lactones) is 1. The van der Waals surface area contributed by atoms with Crippen LogP contribution in [-0.2, 0) is 38.0 Å². The fraction of sp³-hybridized carbons (Fsp3) is 0.919. The zero-order chi connectivity index (χ0) is 37.5. The molecule has 13 nitrogen and oxygen atoms in total. The van der Waals surface area contributed by atoms with Crippen LogP contribution in [0.3, 0.4) is 0 Å². The number of hydrogen-bond acceptors (Lipinski definition) is 13. The Morgan fingerprint density at radius 3 is 2.22 bits per heavy atom. The molecule has 0 aromatic carbocycles. The molecule has 290 valence electrons. The number of methoxy groups -OCH3 is 1. The second kappa shape index (κ2) is 15.9. The van der Waals surface area contributed by atoms with Gasteiger partial charge in [0.1, 0.15) is 41.4 Å². The summed E-state index contributed by atoms with van der Waals surface area (Å²) in [6.45, 7) is 18.8. The summed E-state index contributed by atoms with van der Waals surface area (Å²) >= 11 is 0. The molecule has 16 atom stereocenters. The van der Waals surface area contributed by atoms with Crippen LogP contribution in [0.2, 0.25) is 0 Å². The van der Waals surface area contributed by atoms with Gasteiger partial charge in [-0.3, -0.25) is 4.79 Å². The molecule has 0 spiro atoms. The zero-order valence-corrected chi connectivity index (χ0v) is 32.3. The molecular formula is C37H65NO12. The molecule has 0 aromatic rings. The number of carbonyl (C=O) groups is 1. The van der Waals surface area contributed by atoms with E-state index in [1.165, 1.54) is 14.0 Å². The van der Waals surface area contributed by atoms with Crippen LogP contribution >= 0.6 is 0 Å². The van der Waals surface area contributed by atoms with Crippen molar-refractivity contribution in [3.8, 4) is 0 Å². The summed E-state index contributed by atoms with van der Waals surface area (Å²) in [5, 5.41) is 45.8. The van der Waals surface area contributed by atoms with E-state index in [0.717, 1.165) is 12.1 Å². The molecule has 0 unspecified atom stereocenters. The van der Waals surface area contributed by atoms with Crippen LogP contribution in [0.15, 0.2) is 11.3 Å². The van der Waals surface area contributed by atoms with Crippen LogP contribution in [0, 0.1) is 11.8 Å². The molecule has 2 bridgehead atoms. The lowest BCUT2D eigenvalue weighted by molar-refractivity contribution is -0.307. The first-order valence-corrected chi connectivity index (χ1v) is 18.5. The van der Waals surface area contributed by atoms with Crippen molar-refractivity contribution < 1.29 is 58.4 Å². The molecule has 0 aromatic heterocycles. The van der Waals surface area contributed by atoms with E-state index in [2.05, 4.69) is 4.90 Å². The van der Waals surface area contributed by atoms with E-state index in [1.54, 1.807) is 34.6 Å². The molecule has 0 saturated carbocycles. The van der Waals surface area contributed by atoms with Crippen LogP contribution in [0.5, 0.6) is 0 Å². The Morgan fingerprint density at radius 2 is 1.62 bits per heavy atom. The van der Waals surface area contributed by atoms with Crippen molar-refractivity contribution in [3.05, 3.63) is 11.3 Å². The fourth-order valence-electron chi connectivity index (χ4n) is 8.31. The van der Waals surface area contributed by atoms with E-state index in [1.807, 2.05) is 34.7 Å². The highest BCUT2D eigenvalue weighted by molar-refractivity contribution is 5.73. The second-order valence-electron chi connectivity index (χ2n) is 16.0. The smallest absolute Gasteiger partial charge is 0.311 e. The van der Waals surface area contributed by atoms with Gasteiger partial charge in [0.05, 0.1) is 35.9 Å². The minimum absolute atomic E-state index is 0.104. The van der Waals surface area contributed by atoms with Gasteiger partial charge in [0.15, 0.2) is 12.6 Å². The molecule has 4 N–H and O–H groups in total. The third-order valence-corrected chi connectivity index (χ3v) is 12.0. The standard InChI is InChI=1S/C37H65NO12/c1-13-26-37(10,43)31(40)22(6)30-19(3)17-35(8,50-30)27(49-34-29(39)24(38(11)14-2)15-20(4)45-34)16-25(21(5)33(42)48-26)47-28-18-36(9,44-12)32(41)23(7)46-28/h20-29,31-32,34,39-41,43H,13-18H2,1-12H3/t20-,21+,22-,23-,24-,25-,26+,27+,28+,29-,31+,32-,34+,35+,36+,37+/m0/s1. The highest BCUT2D eigenvalue weighted by Crippen LogP contribution is 2.46. The van der Waals surface area contributed by atoms with Gasteiger partial charge in [-0.1, -0.05) is 20.8 Å². The highest BCUT2D eigenvalue weighted by Gasteiger charge is 2.54. The minimum atomic E-state index is -1.81. The Bertz CT molecular complexity index is 1200. The van der Waals surface area contributed by atoms with Crippen molar-refractivity contribution in [1.82, 2.24) is 4.90 Å². The average Bonchev–Trinajstić information content (AvgIpc) is 3.38. The first-order chi connectivity index (χ1) is 23.2. The van der Waals surface area contributed by atoms with Gasteiger partial charge >= 0.3 is 5.97 Å². The quantitative estimate of drug-likeness (QED) is 0.271. The lowest BCUT2D eigenvalue weighted by atomic mass is 9.81. The van der Waals surface area contributed by atoms with Crippen molar-refractivity contribution in [2.45, 2.75) is 186 Å². The first kappa shape index (κ1) is 41.4. The average molecular weight is 716 g/mol. The van der Waals surface area contributed by atoms with E-state index in [9.17, 15) is 25.2 Å². The number of likely N-dealkylation sites (N-methyl/N-ethyl adjacent to an activating group) is 1. The highest BCUT2D eigenvalue weighted by atomic mass is 16.7.